The predicted molar refractivity (Wildman–Crippen MR) is 120 cm³/mol. The molecule has 0 fully saturated rings. The molecule has 0 heterocycles. The van der Waals surface area contributed by atoms with E-state index in [0.717, 1.165) is 11.1 Å². The molecule has 162 valence electrons. The van der Waals surface area contributed by atoms with Crippen LogP contribution < -0.4 is 5.90 Å². The van der Waals surface area contributed by atoms with Gasteiger partial charge in [-0.2, -0.15) is 10.2 Å². The molecule has 0 aliphatic heterocycles. The van der Waals surface area contributed by atoms with E-state index in [2.05, 4.69) is 4.84 Å². The topological polar surface area (TPSA) is 89.7 Å². The fraction of sp³-hybridized carbons (Fsp3) is 0.174. The molecular weight excluding hydrogens is 436 g/mol. The van der Waals surface area contributed by atoms with E-state index >= 15 is 0 Å². The standard InChI is InChI=1S/C23H23ClN2O4S/c1-2-22(18-6-4-3-5-7-18)26(31(28,29)21-14-12-20(24)13-15-21)16-17-8-10-19(11-9-17)23(27)30-25/h3-15,22H,2,16,25H2,1H3. The van der Waals surface area contributed by atoms with Crippen LogP contribution in [0.5, 0.6) is 0 Å². The molecule has 0 aromatic heterocycles. The van der Waals surface area contributed by atoms with Crippen LogP contribution in [0.15, 0.2) is 83.8 Å². The van der Waals surface area contributed by atoms with Crippen molar-refractivity contribution in [1.82, 2.24) is 4.31 Å². The number of benzene rings is 3. The number of halogens is 1. The Balaban J connectivity index is 2.03. The molecule has 3 aromatic rings. The van der Waals surface area contributed by atoms with Gasteiger partial charge in [0.25, 0.3) is 0 Å². The number of carbonyl (C=O) groups excluding carboxylic acids is 1. The smallest absolute Gasteiger partial charge is 0.356 e. The highest BCUT2D eigenvalue weighted by atomic mass is 35.5. The van der Waals surface area contributed by atoms with Crippen molar-refractivity contribution in [2.24, 2.45) is 5.90 Å². The van der Waals surface area contributed by atoms with Gasteiger partial charge in [0, 0.05) is 11.6 Å². The maximum Gasteiger partial charge on any atom is 0.356 e. The SMILES string of the molecule is CCC(c1ccccc1)N(Cc1ccc(C(=O)ON)cc1)S(=O)(=O)c1ccc(Cl)cc1. The van der Waals surface area contributed by atoms with E-state index < -0.39 is 16.0 Å². The molecule has 0 aliphatic carbocycles. The Kier molecular flexibility index (Phi) is 7.46. The van der Waals surface area contributed by atoms with Gasteiger partial charge in [-0.1, -0.05) is 61.0 Å². The Morgan fingerprint density at radius 1 is 1.00 bits per heavy atom. The maximum atomic E-state index is 13.6. The Morgan fingerprint density at radius 3 is 2.16 bits per heavy atom. The van der Waals surface area contributed by atoms with Crippen molar-refractivity contribution in [2.75, 3.05) is 0 Å². The largest absolute Gasteiger partial charge is 0.370 e. The first-order valence-corrected chi connectivity index (χ1v) is 11.5. The fourth-order valence-corrected chi connectivity index (χ4v) is 5.18. The molecular formula is C23H23ClN2O4S. The van der Waals surface area contributed by atoms with Crippen LogP contribution >= 0.6 is 11.6 Å². The summed E-state index contributed by atoms with van der Waals surface area (Å²) in [6.07, 6.45) is 0.578. The molecule has 3 rings (SSSR count). The highest BCUT2D eigenvalue weighted by Gasteiger charge is 2.31. The third-order valence-corrected chi connectivity index (χ3v) is 7.09. The zero-order valence-electron chi connectivity index (χ0n) is 16.9. The average molecular weight is 459 g/mol. The monoisotopic (exact) mass is 458 g/mol. The van der Waals surface area contributed by atoms with E-state index in [9.17, 15) is 13.2 Å². The molecule has 8 heteroatoms. The van der Waals surface area contributed by atoms with Crippen LogP contribution in [0, 0.1) is 0 Å². The summed E-state index contributed by atoms with van der Waals surface area (Å²) in [7, 11) is -3.84. The first-order valence-electron chi connectivity index (χ1n) is 9.69. The zero-order chi connectivity index (χ0) is 22.4. The highest BCUT2D eigenvalue weighted by molar-refractivity contribution is 7.89. The Morgan fingerprint density at radius 2 is 1.61 bits per heavy atom. The summed E-state index contributed by atoms with van der Waals surface area (Å²) in [5.41, 5.74) is 1.90. The third-order valence-electron chi connectivity index (χ3n) is 4.97. The highest BCUT2D eigenvalue weighted by Crippen LogP contribution is 2.32. The van der Waals surface area contributed by atoms with Crippen LogP contribution in [0.2, 0.25) is 5.02 Å². The lowest BCUT2D eigenvalue weighted by Crippen LogP contribution is -2.34. The minimum atomic E-state index is -3.84. The molecule has 0 amide bonds. The molecule has 1 atom stereocenters. The van der Waals surface area contributed by atoms with Gasteiger partial charge in [0.1, 0.15) is 0 Å². The van der Waals surface area contributed by atoms with E-state index in [1.165, 1.54) is 16.4 Å². The molecule has 0 saturated carbocycles. The summed E-state index contributed by atoms with van der Waals surface area (Å²) < 4.78 is 28.7. The van der Waals surface area contributed by atoms with E-state index in [0.29, 0.717) is 11.4 Å². The number of nitrogens with two attached hydrogens (primary N) is 1. The minimum Gasteiger partial charge on any atom is -0.370 e. The molecule has 0 spiro atoms. The quantitative estimate of drug-likeness (QED) is 0.493. The number of hydrogen-bond acceptors (Lipinski definition) is 5. The van der Waals surface area contributed by atoms with Gasteiger partial charge >= 0.3 is 5.97 Å². The summed E-state index contributed by atoms with van der Waals surface area (Å²) in [5, 5.41) is 0.461. The maximum absolute atomic E-state index is 13.6. The van der Waals surface area contributed by atoms with Gasteiger partial charge < -0.3 is 4.84 Å². The summed E-state index contributed by atoms with van der Waals surface area (Å²) in [5.74, 6) is 4.27. The van der Waals surface area contributed by atoms with Crippen LogP contribution in [-0.2, 0) is 21.4 Å². The minimum absolute atomic E-state index is 0.121. The van der Waals surface area contributed by atoms with Crippen molar-refractivity contribution in [3.05, 3.63) is 101 Å². The van der Waals surface area contributed by atoms with Crippen LogP contribution in [0.3, 0.4) is 0 Å². The molecule has 2 N–H and O–H groups in total. The number of carbonyl (C=O) groups is 1. The van der Waals surface area contributed by atoms with Gasteiger partial charge in [-0.25, -0.2) is 13.2 Å². The molecule has 6 nitrogen and oxygen atoms in total. The van der Waals surface area contributed by atoms with Gasteiger partial charge in [-0.3, -0.25) is 0 Å². The summed E-state index contributed by atoms with van der Waals surface area (Å²) in [6, 6.07) is 21.7. The van der Waals surface area contributed by atoms with Crippen molar-refractivity contribution in [3.8, 4) is 0 Å². The van der Waals surface area contributed by atoms with E-state index in [4.69, 9.17) is 17.5 Å². The lowest BCUT2D eigenvalue weighted by molar-refractivity contribution is 0.0503. The average Bonchev–Trinajstić information content (AvgIpc) is 2.80. The van der Waals surface area contributed by atoms with Gasteiger partial charge in [0.2, 0.25) is 10.0 Å². The molecule has 3 aromatic carbocycles. The molecule has 0 radical (unpaired) electrons. The third kappa shape index (κ3) is 5.32. The molecule has 0 aliphatic rings. The van der Waals surface area contributed by atoms with Gasteiger partial charge in [-0.15, -0.1) is 0 Å². The fourth-order valence-electron chi connectivity index (χ4n) is 3.38. The van der Waals surface area contributed by atoms with E-state index in [-0.39, 0.29) is 23.0 Å². The van der Waals surface area contributed by atoms with Crippen LogP contribution in [0.1, 0.15) is 40.9 Å². The van der Waals surface area contributed by atoms with E-state index in [1.54, 1.807) is 36.4 Å². The Labute approximate surface area is 187 Å². The lowest BCUT2D eigenvalue weighted by atomic mass is 10.0. The predicted octanol–water partition coefficient (Wildman–Crippen LogP) is 4.71. The van der Waals surface area contributed by atoms with Crippen molar-refractivity contribution >= 4 is 27.6 Å². The number of hydrogen-bond donors (Lipinski definition) is 1. The zero-order valence-corrected chi connectivity index (χ0v) is 18.5. The number of sulfonamides is 1. The number of rotatable bonds is 8. The summed E-state index contributed by atoms with van der Waals surface area (Å²) in [6.45, 7) is 2.07. The molecule has 0 saturated heterocycles. The Bertz CT molecular complexity index is 1120. The molecule has 1 unspecified atom stereocenters. The normalized spacial score (nSPS) is 12.5. The van der Waals surface area contributed by atoms with Crippen LogP contribution in [-0.4, -0.2) is 18.7 Å². The van der Waals surface area contributed by atoms with Crippen LogP contribution in [0.4, 0.5) is 0 Å². The van der Waals surface area contributed by atoms with Gasteiger partial charge in [0.15, 0.2) is 0 Å². The first-order chi connectivity index (χ1) is 14.9. The van der Waals surface area contributed by atoms with Crippen molar-refractivity contribution in [1.29, 1.82) is 0 Å². The van der Waals surface area contributed by atoms with Crippen molar-refractivity contribution in [2.45, 2.75) is 30.8 Å². The number of nitrogens with zero attached hydrogens (tertiary/aromatic N) is 1. The van der Waals surface area contributed by atoms with Gasteiger partial charge in [0.05, 0.1) is 16.5 Å². The van der Waals surface area contributed by atoms with Crippen molar-refractivity contribution in [3.63, 3.8) is 0 Å². The molecule has 0 bridgehead atoms. The van der Waals surface area contributed by atoms with E-state index in [1.807, 2.05) is 37.3 Å². The summed E-state index contributed by atoms with van der Waals surface area (Å²) >= 11 is 5.95. The second-order valence-electron chi connectivity index (χ2n) is 6.94. The van der Waals surface area contributed by atoms with Crippen molar-refractivity contribution < 1.29 is 18.0 Å². The summed E-state index contributed by atoms with van der Waals surface area (Å²) in [4.78, 5) is 16.0. The first kappa shape index (κ1) is 23.0. The Hall–Kier alpha value is -2.71. The second-order valence-corrected chi connectivity index (χ2v) is 9.27. The lowest BCUT2D eigenvalue weighted by Gasteiger charge is -2.31. The van der Waals surface area contributed by atoms with Gasteiger partial charge in [-0.05, 0) is 53.9 Å². The van der Waals surface area contributed by atoms with Crippen LogP contribution in [0.25, 0.3) is 0 Å². The molecule has 31 heavy (non-hydrogen) atoms. The second kappa shape index (κ2) is 10.1.